The maximum Gasteiger partial charge on any atom is 0.198 e. The highest BCUT2D eigenvalue weighted by atomic mass is 32.1. The lowest BCUT2D eigenvalue weighted by molar-refractivity contribution is 0.392. The van der Waals surface area contributed by atoms with E-state index < -0.39 is 0 Å². The Kier molecular flexibility index (Phi) is 3.08. The molecule has 24 heavy (non-hydrogen) atoms. The van der Waals surface area contributed by atoms with Gasteiger partial charge in [0.1, 0.15) is 11.6 Å². The largest absolute Gasteiger partial charge is 0.445 e. The molecule has 2 aromatic rings. The van der Waals surface area contributed by atoms with Gasteiger partial charge < -0.3 is 15.0 Å². The molecule has 3 nitrogen and oxygen atoms in total. The molecule has 0 saturated heterocycles. The maximum atomic E-state index is 6.34. The molecule has 2 aromatic heterocycles. The molecule has 0 fully saturated rings. The van der Waals surface area contributed by atoms with Crippen LogP contribution in [0.1, 0.15) is 35.8 Å². The van der Waals surface area contributed by atoms with Gasteiger partial charge in [0, 0.05) is 16.8 Å². The van der Waals surface area contributed by atoms with Gasteiger partial charge in [-0.15, -0.1) is 11.3 Å². The predicted molar refractivity (Wildman–Crippen MR) is 101 cm³/mol. The molecule has 1 aliphatic carbocycles. The summed E-state index contributed by atoms with van der Waals surface area (Å²) in [6.07, 6.45) is 7.45. The van der Waals surface area contributed by atoms with Crippen molar-refractivity contribution in [3.8, 4) is 0 Å². The number of nitrogens with two attached hydrogens (primary N) is 1. The third-order valence-electron chi connectivity index (χ3n) is 5.00. The summed E-state index contributed by atoms with van der Waals surface area (Å²) >= 11 is 7.32. The van der Waals surface area contributed by atoms with Gasteiger partial charge >= 0.3 is 0 Å². The van der Waals surface area contributed by atoms with E-state index in [0.29, 0.717) is 10.9 Å². The predicted octanol–water partition coefficient (Wildman–Crippen LogP) is 4.65. The van der Waals surface area contributed by atoms with Crippen LogP contribution < -0.4 is 5.73 Å². The SMILES string of the molecule is NC1=C2C(=S)OC3=C(CCCC3=Cc3cccs3)C2c2cccn21. The summed E-state index contributed by atoms with van der Waals surface area (Å²) in [6.45, 7) is 0. The molecule has 2 N–H and O–H groups in total. The van der Waals surface area contributed by atoms with Gasteiger partial charge in [0.2, 0.25) is 0 Å². The second-order valence-corrected chi connectivity index (χ2v) is 7.67. The first-order chi connectivity index (χ1) is 11.7. The first-order valence-electron chi connectivity index (χ1n) is 8.11. The second kappa shape index (κ2) is 5.19. The zero-order chi connectivity index (χ0) is 16.3. The van der Waals surface area contributed by atoms with Crippen LogP contribution >= 0.6 is 23.6 Å². The Labute approximate surface area is 149 Å². The highest BCUT2D eigenvalue weighted by molar-refractivity contribution is 7.80. The highest BCUT2D eigenvalue weighted by Crippen LogP contribution is 2.50. The molecule has 0 bridgehead atoms. The minimum absolute atomic E-state index is 0.156. The van der Waals surface area contributed by atoms with Crippen LogP contribution in [-0.2, 0) is 4.74 Å². The average molecular weight is 352 g/mol. The zero-order valence-corrected chi connectivity index (χ0v) is 14.6. The van der Waals surface area contributed by atoms with Crippen molar-refractivity contribution < 1.29 is 4.74 Å². The van der Waals surface area contributed by atoms with E-state index in [2.05, 4.69) is 29.7 Å². The fourth-order valence-corrected chi connectivity index (χ4v) is 4.98. The van der Waals surface area contributed by atoms with E-state index in [1.54, 1.807) is 11.3 Å². The molecular formula is C19H16N2OS2. The molecule has 1 unspecified atom stereocenters. The summed E-state index contributed by atoms with van der Waals surface area (Å²) < 4.78 is 8.18. The van der Waals surface area contributed by atoms with E-state index >= 15 is 0 Å². The van der Waals surface area contributed by atoms with Crippen molar-refractivity contribution in [2.24, 2.45) is 5.73 Å². The highest BCUT2D eigenvalue weighted by Gasteiger charge is 2.42. The van der Waals surface area contributed by atoms with Gasteiger partial charge in [-0.3, -0.25) is 0 Å². The first kappa shape index (κ1) is 14.3. The molecule has 4 heterocycles. The van der Waals surface area contributed by atoms with Crippen LogP contribution in [0.3, 0.4) is 0 Å². The van der Waals surface area contributed by atoms with E-state index in [0.717, 1.165) is 30.6 Å². The quantitative estimate of drug-likeness (QED) is 0.759. The Morgan fingerprint density at radius 2 is 2.21 bits per heavy atom. The van der Waals surface area contributed by atoms with Crippen molar-refractivity contribution in [3.63, 3.8) is 0 Å². The Hall–Kier alpha value is -2.11. The first-order valence-corrected chi connectivity index (χ1v) is 9.40. The van der Waals surface area contributed by atoms with Gasteiger partial charge in [0.15, 0.2) is 5.05 Å². The van der Waals surface area contributed by atoms with Crippen LogP contribution in [0.4, 0.5) is 0 Å². The van der Waals surface area contributed by atoms with Crippen LogP contribution in [0.5, 0.6) is 0 Å². The molecule has 2 aliphatic heterocycles. The lowest BCUT2D eigenvalue weighted by Crippen LogP contribution is -2.24. The number of fused-ring (bicyclic) bond motifs is 4. The Morgan fingerprint density at radius 1 is 1.29 bits per heavy atom. The Bertz CT molecular complexity index is 944. The number of thiophene rings is 1. The number of thiocarbonyl (C=S) groups is 1. The lowest BCUT2D eigenvalue weighted by Gasteiger charge is -2.32. The maximum absolute atomic E-state index is 6.34. The number of nitrogens with zero attached hydrogens (tertiary/aromatic N) is 1. The van der Waals surface area contributed by atoms with Gasteiger partial charge in [-0.1, -0.05) is 6.07 Å². The molecule has 1 atom stereocenters. The molecule has 3 aliphatic rings. The normalized spacial score (nSPS) is 24.1. The Balaban J connectivity index is 1.69. The average Bonchev–Trinajstić information content (AvgIpc) is 3.28. The van der Waals surface area contributed by atoms with Gasteiger partial charge in [-0.05, 0) is 72.3 Å². The topological polar surface area (TPSA) is 40.2 Å². The molecule has 0 radical (unpaired) electrons. The number of hydrogen-bond donors (Lipinski definition) is 1. The number of hydrogen-bond acceptors (Lipinski definition) is 4. The summed E-state index contributed by atoms with van der Waals surface area (Å²) in [5, 5.41) is 2.63. The summed E-state index contributed by atoms with van der Waals surface area (Å²) in [5.74, 6) is 1.85. The third kappa shape index (κ3) is 1.91. The summed E-state index contributed by atoms with van der Waals surface area (Å²) in [5.41, 5.74) is 11.1. The number of ether oxygens (including phenoxy) is 1. The molecule has 0 saturated carbocycles. The number of allylic oxidation sites excluding steroid dienone is 2. The smallest absolute Gasteiger partial charge is 0.198 e. The van der Waals surface area contributed by atoms with Gasteiger partial charge in [0.25, 0.3) is 0 Å². The molecule has 5 heteroatoms. The van der Waals surface area contributed by atoms with Crippen LogP contribution in [0, 0.1) is 0 Å². The van der Waals surface area contributed by atoms with Crippen LogP contribution in [0.25, 0.3) is 11.9 Å². The van der Waals surface area contributed by atoms with Gasteiger partial charge in [-0.25, -0.2) is 0 Å². The monoisotopic (exact) mass is 352 g/mol. The van der Waals surface area contributed by atoms with Gasteiger partial charge in [-0.2, -0.15) is 0 Å². The van der Waals surface area contributed by atoms with Crippen molar-refractivity contribution >= 4 is 40.5 Å². The summed E-state index contributed by atoms with van der Waals surface area (Å²) in [4.78, 5) is 1.25. The molecule has 0 amide bonds. The minimum atomic E-state index is 0.156. The third-order valence-corrected chi connectivity index (χ3v) is 6.12. The fourth-order valence-electron chi connectivity index (χ4n) is 3.99. The van der Waals surface area contributed by atoms with Crippen molar-refractivity contribution in [1.82, 2.24) is 4.57 Å². The van der Waals surface area contributed by atoms with Crippen molar-refractivity contribution in [1.29, 1.82) is 0 Å². The number of aromatic nitrogens is 1. The molecular weight excluding hydrogens is 336 g/mol. The van der Waals surface area contributed by atoms with E-state index in [1.807, 2.05) is 16.8 Å². The lowest BCUT2D eigenvalue weighted by atomic mass is 9.79. The van der Waals surface area contributed by atoms with E-state index in [9.17, 15) is 0 Å². The Morgan fingerprint density at radius 3 is 3.04 bits per heavy atom. The van der Waals surface area contributed by atoms with E-state index in [1.165, 1.54) is 21.7 Å². The standard InChI is InChI=1S/C19H16N2OS2/c20-18-16-15(14-7-2-8-21(14)18)13-6-1-4-11(17(13)22-19(16)23)10-12-5-3-9-24-12/h2-3,5,7-10,15H,1,4,6,20H2. The van der Waals surface area contributed by atoms with Crippen LogP contribution in [-0.4, -0.2) is 9.62 Å². The zero-order valence-electron chi connectivity index (χ0n) is 13.0. The summed E-state index contributed by atoms with van der Waals surface area (Å²) in [6, 6.07) is 8.40. The fraction of sp³-hybridized carbons (Fsp3) is 0.211. The van der Waals surface area contributed by atoms with Gasteiger partial charge in [0.05, 0.1) is 11.5 Å². The molecule has 0 aromatic carbocycles. The van der Waals surface area contributed by atoms with Crippen LogP contribution in [0.15, 0.2) is 58.3 Å². The molecule has 0 spiro atoms. The van der Waals surface area contributed by atoms with Crippen LogP contribution in [0.2, 0.25) is 0 Å². The second-order valence-electron chi connectivity index (χ2n) is 6.32. The number of rotatable bonds is 1. The molecule has 5 rings (SSSR count). The van der Waals surface area contributed by atoms with E-state index in [-0.39, 0.29) is 5.92 Å². The van der Waals surface area contributed by atoms with Crippen molar-refractivity contribution in [3.05, 3.63) is 68.9 Å². The summed E-state index contributed by atoms with van der Waals surface area (Å²) in [7, 11) is 0. The van der Waals surface area contributed by atoms with E-state index in [4.69, 9.17) is 22.7 Å². The van der Waals surface area contributed by atoms with Crippen molar-refractivity contribution in [2.45, 2.75) is 25.2 Å². The minimum Gasteiger partial charge on any atom is -0.445 e. The van der Waals surface area contributed by atoms with Crippen molar-refractivity contribution in [2.75, 3.05) is 0 Å². The molecule has 120 valence electrons.